The van der Waals surface area contributed by atoms with Crippen molar-refractivity contribution in [2.24, 2.45) is 0 Å². The molecule has 0 unspecified atom stereocenters. The van der Waals surface area contributed by atoms with Crippen LogP contribution in [0, 0.1) is 0 Å². The van der Waals surface area contributed by atoms with Gasteiger partial charge in [-0.05, 0) is 46.3 Å². The van der Waals surface area contributed by atoms with E-state index in [1.165, 1.54) is 0 Å². The standard InChI is InChI=1S/C12H9Br2NO2/c13-8-3-4-10(11(14)6-8)12(16)15-7-9-2-1-5-17-9/h1-6H,7H2,(H,15,16). The van der Waals surface area contributed by atoms with Gasteiger partial charge in [0.05, 0.1) is 18.4 Å². The van der Waals surface area contributed by atoms with Gasteiger partial charge in [-0.25, -0.2) is 0 Å². The van der Waals surface area contributed by atoms with Gasteiger partial charge in [0.1, 0.15) is 5.76 Å². The van der Waals surface area contributed by atoms with Crippen LogP contribution < -0.4 is 5.32 Å². The lowest BCUT2D eigenvalue weighted by Gasteiger charge is -2.05. The fourth-order valence-corrected chi connectivity index (χ4v) is 2.58. The first-order valence-electron chi connectivity index (χ1n) is 4.92. The fourth-order valence-electron chi connectivity index (χ4n) is 1.35. The smallest absolute Gasteiger partial charge is 0.252 e. The van der Waals surface area contributed by atoms with Crippen molar-refractivity contribution in [1.29, 1.82) is 0 Å². The van der Waals surface area contributed by atoms with Gasteiger partial charge >= 0.3 is 0 Å². The van der Waals surface area contributed by atoms with E-state index in [-0.39, 0.29) is 5.91 Å². The van der Waals surface area contributed by atoms with E-state index in [4.69, 9.17) is 4.42 Å². The highest BCUT2D eigenvalue weighted by Gasteiger charge is 2.10. The van der Waals surface area contributed by atoms with E-state index in [9.17, 15) is 4.79 Å². The predicted molar refractivity (Wildman–Crippen MR) is 71.7 cm³/mol. The van der Waals surface area contributed by atoms with E-state index in [1.54, 1.807) is 18.4 Å². The highest BCUT2D eigenvalue weighted by molar-refractivity contribution is 9.11. The summed E-state index contributed by atoms with van der Waals surface area (Å²) in [5.74, 6) is 0.590. The molecule has 1 N–H and O–H groups in total. The lowest BCUT2D eigenvalue weighted by Crippen LogP contribution is -2.22. The van der Waals surface area contributed by atoms with Gasteiger partial charge in [-0.2, -0.15) is 0 Å². The molecule has 88 valence electrons. The molecule has 0 aliphatic heterocycles. The van der Waals surface area contributed by atoms with Crippen LogP contribution in [0.5, 0.6) is 0 Å². The lowest BCUT2D eigenvalue weighted by molar-refractivity contribution is 0.0947. The Labute approximate surface area is 115 Å². The van der Waals surface area contributed by atoms with E-state index in [2.05, 4.69) is 37.2 Å². The Kier molecular flexibility index (Phi) is 4.02. The molecule has 0 aliphatic carbocycles. The molecule has 0 bridgehead atoms. The molecule has 17 heavy (non-hydrogen) atoms. The second-order valence-corrected chi connectivity index (χ2v) is 5.16. The summed E-state index contributed by atoms with van der Waals surface area (Å²) < 4.78 is 6.81. The molecule has 2 rings (SSSR count). The van der Waals surface area contributed by atoms with E-state index in [0.717, 1.165) is 14.7 Å². The maximum Gasteiger partial charge on any atom is 0.252 e. The van der Waals surface area contributed by atoms with Crippen molar-refractivity contribution in [2.75, 3.05) is 0 Å². The highest BCUT2D eigenvalue weighted by atomic mass is 79.9. The third kappa shape index (κ3) is 3.20. The first kappa shape index (κ1) is 12.4. The molecule has 2 aromatic rings. The molecule has 0 fully saturated rings. The topological polar surface area (TPSA) is 42.2 Å². The van der Waals surface area contributed by atoms with Gasteiger partial charge in [0, 0.05) is 8.95 Å². The Bertz CT molecular complexity index is 523. The Hall–Kier alpha value is -1.07. The molecule has 5 heteroatoms. The summed E-state index contributed by atoms with van der Waals surface area (Å²) in [6, 6.07) is 9.02. The van der Waals surface area contributed by atoms with Gasteiger partial charge in [0.2, 0.25) is 0 Å². The number of rotatable bonds is 3. The molecule has 0 atom stereocenters. The molecular formula is C12H9Br2NO2. The summed E-state index contributed by atoms with van der Waals surface area (Å²) in [5.41, 5.74) is 0.597. The monoisotopic (exact) mass is 357 g/mol. The number of halogens is 2. The van der Waals surface area contributed by atoms with Crippen LogP contribution in [0.25, 0.3) is 0 Å². The molecule has 1 aromatic heterocycles. The molecule has 3 nitrogen and oxygen atoms in total. The number of furan rings is 1. The quantitative estimate of drug-likeness (QED) is 0.908. The molecular weight excluding hydrogens is 350 g/mol. The summed E-state index contributed by atoms with van der Waals surface area (Å²) in [7, 11) is 0. The van der Waals surface area contributed by atoms with Crippen molar-refractivity contribution >= 4 is 37.8 Å². The van der Waals surface area contributed by atoms with Gasteiger partial charge in [-0.1, -0.05) is 15.9 Å². The summed E-state index contributed by atoms with van der Waals surface area (Å²) in [6.07, 6.45) is 1.58. The SMILES string of the molecule is O=C(NCc1ccco1)c1ccc(Br)cc1Br. The van der Waals surface area contributed by atoms with Gasteiger partial charge in [0.25, 0.3) is 5.91 Å². The van der Waals surface area contributed by atoms with Gasteiger partial charge in [-0.15, -0.1) is 0 Å². The third-order valence-corrected chi connectivity index (χ3v) is 3.33. The van der Waals surface area contributed by atoms with Crippen LogP contribution in [0.2, 0.25) is 0 Å². The minimum Gasteiger partial charge on any atom is -0.467 e. The van der Waals surface area contributed by atoms with Crippen LogP contribution in [0.4, 0.5) is 0 Å². The highest BCUT2D eigenvalue weighted by Crippen LogP contribution is 2.21. The molecule has 0 aliphatic rings. The molecule has 0 saturated heterocycles. The van der Waals surface area contributed by atoms with E-state index in [1.807, 2.05) is 18.2 Å². The van der Waals surface area contributed by atoms with E-state index >= 15 is 0 Å². The number of hydrogen-bond acceptors (Lipinski definition) is 2. The van der Waals surface area contributed by atoms with Crippen molar-refractivity contribution in [3.05, 3.63) is 56.9 Å². The average molecular weight is 359 g/mol. The minimum absolute atomic E-state index is 0.138. The fraction of sp³-hybridized carbons (Fsp3) is 0.0833. The summed E-state index contributed by atoms with van der Waals surface area (Å²) >= 11 is 6.69. The average Bonchev–Trinajstić information content (AvgIpc) is 2.78. The zero-order valence-electron chi connectivity index (χ0n) is 8.74. The van der Waals surface area contributed by atoms with E-state index < -0.39 is 0 Å². The number of carbonyl (C=O) groups is 1. The van der Waals surface area contributed by atoms with Crippen molar-refractivity contribution in [3.8, 4) is 0 Å². The number of benzene rings is 1. The van der Waals surface area contributed by atoms with Crippen molar-refractivity contribution < 1.29 is 9.21 Å². The minimum atomic E-state index is -0.138. The van der Waals surface area contributed by atoms with Gasteiger partial charge in [-0.3, -0.25) is 4.79 Å². The molecule has 1 amide bonds. The molecule has 0 saturated carbocycles. The number of carbonyl (C=O) groups excluding carboxylic acids is 1. The number of amides is 1. The lowest BCUT2D eigenvalue weighted by atomic mass is 10.2. The summed E-state index contributed by atoms with van der Waals surface area (Å²) in [4.78, 5) is 11.9. The Balaban J connectivity index is 2.04. The maximum atomic E-state index is 11.9. The maximum absolute atomic E-state index is 11.9. The van der Waals surface area contributed by atoms with Crippen LogP contribution in [0.1, 0.15) is 16.1 Å². The van der Waals surface area contributed by atoms with Gasteiger partial charge < -0.3 is 9.73 Å². The normalized spacial score (nSPS) is 10.2. The zero-order chi connectivity index (χ0) is 12.3. The van der Waals surface area contributed by atoms with Crippen LogP contribution in [0.15, 0.2) is 50.0 Å². The Morgan fingerprint density at radius 2 is 2.12 bits per heavy atom. The van der Waals surface area contributed by atoms with E-state index in [0.29, 0.717) is 12.1 Å². The zero-order valence-corrected chi connectivity index (χ0v) is 11.9. The molecule has 1 heterocycles. The number of hydrogen-bond donors (Lipinski definition) is 1. The number of nitrogens with one attached hydrogen (secondary N) is 1. The molecule has 1 aromatic carbocycles. The van der Waals surface area contributed by atoms with Crippen LogP contribution in [-0.4, -0.2) is 5.91 Å². The van der Waals surface area contributed by atoms with Gasteiger partial charge in [0.15, 0.2) is 0 Å². The van der Waals surface area contributed by atoms with Crippen molar-refractivity contribution in [3.63, 3.8) is 0 Å². The molecule has 0 radical (unpaired) electrons. The Morgan fingerprint density at radius 1 is 1.29 bits per heavy atom. The Morgan fingerprint density at radius 3 is 2.76 bits per heavy atom. The second kappa shape index (κ2) is 5.51. The van der Waals surface area contributed by atoms with Crippen molar-refractivity contribution in [1.82, 2.24) is 5.32 Å². The third-order valence-electron chi connectivity index (χ3n) is 2.18. The van der Waals surface area contributed by atoms with Crippen LogP contribution in [-0.2, 0) is 6.54 Å². The predicted octanol–water partition coefficient (Wildman–Crippen LogP) is 3.73. The summed E-state index contributed by atoms with van der Waals surface area (Å²) in [5, 5.41) is 2.78. The first-order chi connectivity index (χ1) is 8.16. The first-order valence-corrected chi connectivity index (χ1v) is 6.51. The largest absolute Gasteiger partial charge is 0.467 e. The second-order valence-electron chi connectivity index (χ2n) is 3.39. The molecule has 0 spiro atoms. The van der Waals surface area contributed by atoms with Crippen LogP contribution >= 0.6 is 31.9 Å². The van der Waals surface area contributed by atoms with Crippen LogP contribution in [0.3, 0.4) is 0 Å². The summed E-state index contributed by atoms with van der Waals surface area (Å²) in [6.45, 7) is 0.383. The van der Waals surface area contributed by atoms with Crippen molar-refractivity contribution in [2.45, 2.75) is 6.54 Å².